The van der Waals surface area contributed by atoms with Crippen LogP contribution in [0.2, 0.25) is 0 Å². The Balaban J connectivity index is 1.93. The Labute approximate surface area is 137 Å². The van der Waals surface area contributed by atoms with E-state index in [-0.39, 0.29) is 11.5 Å². The van der Waals surface area contributed by atoms with Crippen molar-refractivity contribution in [3.05, 3.63) is 35.9 Å². The first-order valence-corrected chi connectivity index (χ1v) is 7.42. The first-order chi connectivity index (χ1) is 11.5. The van der Waals surface area contributed by atoms with Gasteiger partial charge in [0.25, 0.3) is 11.8 Å². The molecule has 8 nitrogen and oxygen atoms in total. The van der Waals surface area contributed by atoms with E-state index in [0.717, 1.165) is 23.5 Å². The average Bonchev–Trinajstić information content (AvgIpc) is 3.10. The molecule has 124 valence electrons. The van der Waals surface area contributed by atoms with Gasteiger partial charge in [0, 0.05) is 18.8 Å². The van der Waals surface area contributed by atoms with Gasteiger partial charge < -0.3 is 10.0 Å². The molecule has 1 aliphatic heterocycles. The first kappa shape index (κ1) is 15.8. The number of fused-ring (bicyclic) bond motifs is 1. The number of halogens is 1. The summed E-state index contributed by atoms with van der Waals surface area (Å²) in [5.41, 5.74) is 1.42. The van der Waals surface area contributed by atoms with Crippen molar-refractivity contribution in [2.24, 2.45) is 10.1 Å². The lowest BCUT2D eigenvalue weighted by Crippen LogP contribution is -2.21. The zero-order chi connectivity index (χ0) is 17.3. The fraction of sp³-hybridized carbons (Fsp3) is 0.267. The molecule has 0 fully saturated rings. The molecule has 1 N–H and O–H groups in total. The van der Waals surface area contributed by atoms with Crippen molar-refractivity contribution in [2.45, 2.75) is 13.8 Å². The highest BCUT2D eigenvalue weighted by molar-refractivity contribution is 6.46. The molecule has 0 amide bonds. The Morgan fingerprint density at radius 3 is 2.50 bits per heavy atom. The van der Waals surface area contributed by atoms with E-state index >= 15 is 0 Å². The summed E-state index contributed by atoms with van der Waals surface area (Å²) in [5, 5.41) is 19.6. The van der Waals surface area contributed by atoms with Crippen molar-refractivity contribution in [2.75, 3.05) is 18.0 Å². The Kier molecular flexibility index (Phi) is 4.07. The number of anilines is 1. The molecule has 2 aromatic rings. The lowest BCUT2D eigenvalue weighted by atomic mass is 10.2. The highest BCUT2D eigenvalue weighted by Crippen LogP contribution is 2.22. The molecule has 0 atom stereocenters. The topological polar surface area (TPSA) is 96.0 Å². The number of rotatable bonds is 5. The van der Waals surface area contributed by atoms with Crippen LogP contribution < -0.4 is 4.90 Å². The maximum Gasteiger partial charge on any atom is 0.375 e. The van der Waals surface area contributed by atoms with Gasteiger partial charge in [-0.2, -0.15) is 9.07 Å². The molecule has 0 radical (unpaired) electrons. The summed E-state index contributed by atoms with van der Waals surface area (Å²) in [6.45, 7) is 5.89. The normalized spacial score (nSPS) is 14.6. The molecule has 24 heavy (non-hydrogen) atoms. The van der Waals surface area contributed by atoms with E-state index in [9.17, 15) is 9.18 Å². The minimum atomic E-state index is -1.34. The number of hydrogen-bond donors (Lipinski definition) is 1. The first-order valence-electron chi connectivity index (χ1n) is 7.42. The van der Waals surface area contributed by atoms with Crippen LogP contribution in [-0.2, 0) is 0 Å². The van der Waals surface area contributed by atoms with Gasteiger partial charge in [0.05, 0.1) is 5.69 Å². The Morgan fingerprint density at radius 2 is 1.92 bits per heavy atom. The highest BCUT2D eigenvalue weighted by Gasteiger charge is 2.30. The molecule has 0 bridgehead atoms. The lowest BCUT2D eigenvalue weighted by Gasteiger charge is -2.20. The van der Waals surface area contributed by atoms with Gasteiger partial charge in [-0.3, -0.25) is 0 Å². The van der Waals surface area contributed by atoms with Crippen molar-refractivity contribution >= 4 is 29.0 Å². The van der Waals surface area contributed by atoms with Gasteiger partial charge in [-0.25, -0.2) is 9.79 Å². The van der Waals surface area contributed by atoms with Crippen LogP contribution in [0.25, 0.3) is 0 Å². The van der Waals surface area contributed by atoms with Crippen molar-refractivity contribution in [1.82, 2.24) is 14.9 Å². The fourth-order valence-corrected chi connectivity index (χ4v) is 2.43. The van der Waals surface area contributed by atoms with Crippen molar-refractivity contribution in [3.8, 4) is 0 Å². The summed E-state index contributed by atoms with van der Waals surface area (Å²) in [5.74, 6) is -2.72. The SMILES string of the molecule is CCN(CC)c1ccc(N=C2C(F)=Nn3c(C(=O)O)nnc32)cc1. The summed E-state index contributed by atoms with van der Waals surface area (Å²) < 4.78 is 14.8. The largest absolute Gasteiger partial charge is 0.475 e. The van der Waals surface area contributed by atoms with Crippen molar-refractivity contribution in [1.29, 1.82) is 0 Å². The van der Waals surface area contributed by atoms with E-state index < -0.39 is 17.8 Å². The van der Waals surface area contributed by atoms with E-state index in [1.807, 2.05) is 12.1 Å². The number of aromatic carboxylic acids is 1. The second kappa shape index (κ2) is 6.19. The van der Waals surface area contributed by atoms with E-state index in [2.05, 4.69) is 39.0 Å². The number of hydrogen-bond acceptors (Lipinski definition) is 6. The predicted molar refractivity (Wildman–Crippen MR) is 87.1 cm³/mol. The van der Waals surface area contributed by atoms with E-state index in [0.29, 0.717) is 5.69 Å². The van der Waals surface area contributed by atoms with Crippen LogP contribution in [0.1, 0.15) is 30.3 Å². The molecule has 1 aromatic heterocycles. The summed E-state index contributed by atoms with van der Waals surface area (Å²) in [6, 6.07) is 7.30. The van der Waals surface area contributed by atoms with Crippen LogP contribution in [0.3, 0.4) is 0 Å². The summed E-state index contributed by atoms with van der Waals surface area (Å²) in [4.78, 5) is 17.3. The Bertz CT molecular complexity index is 836. The molecule has 1 aliphatic rings. The third-order valence-corrected chi connectivity index (χ3v) is 3.65. The van der Waals surface area contributed by atoms with E-state index in [1.165, 1.54) is 0 Å². The molecule has 2 heterocycles. The number of aromatic nitrogens is 3. The van der Waals surface area contributed by atoms with Crippen LogP contribution >= 0.6 is 0 Å². The Hall–Kier alpha value is -3.10. The molecular formula is C15H15FN6O2. The second-order valence-electron chi connectivity index (χ2n) is 5.00. The maximum absolute atomic E-state index is 14.0. The van der Waals surface area contributed by atoms with Gasteiger partial charge in [0.2, 0.25) is 5.82 Å². The summed E-state index contributed by atoms with van der Waals surface area (Å²) >= 11 is 0. The zero-order valence-corrected chi connectivity index (χ0v) is 13.1. The quantitative estimate of drug-likeness (QED) is 0.905. The number of carboxylic acids is 1. The smallest absolute Gasteiger partial charge is 0.375 e. The van der Waals surface area contributed by atoms with Gasteiger partial charge in [0.1, 0.15) is 0 Å². The molecule has 0 unspecified atom stereocenters. The van der Waals surface area contributed by atoms with Gasteiger partial charge in [-0.15, -0.1) is 15.3 Å². The monoisotopic (exact) mass is 330 g/mol. The van der Waals surface area contributed by atoms with E-state index in [4.69, 9.17) is 5.11 Å². The molecule has 0 saturated heterocycles. The lowest BCUT2D eigenvalue weighted by molar-refractivity contribution is 0.0679. The van der Waals surface area contributed by atoms with Crippen LogP contribution in [0, 0.1) is 0 Å². The number of carbonyl (C=O) groups is 1. The standard InChI is InChI=1S/C15H15FN6O2/c1-3-21(4-2)10-7-5-9(6-8-10)17-11-12(16)20-22-13(11)18-19-14(22)15(23)24/h5-8H,3-4H2,1-2H3,(H,23,24). The molecule has 1 aromatic carbocycles. The minimum absolute atomic E-state index is 0.0299. The fourth-order valence-electron chi connectivity index (χ4n) is 2.43. The second-order valence-corrected chi connectivity index (χ2v) is 5.00. The zero-order valence-electron chi connectivity index (χ0n) is 13.1. The number of benzene rings is 1. The third-order valence-electron chi connectivity index (χ3n) is 3.65. The van der Waals surface area contributed by atoms with Crippen LogP contribution in [-0.4, -0.2) is 50.7 Å². The van der Waals surface area contributed by atoms with Gasteiger partial charge in [0.15, 0.2) is 5.71 Å². The molecule has 0 spiro atoms. The van der Waals surface area contributed by atoms with Gasteiger partial charge >= 0.3 is 5.97 Å². The molecular weight excluding hydrogens is 315 g/mol. The minimum Gasteiger partial charge on any atom is -0.475 e. The summed E-state index contributed by atoms with van der Waals surface area (Å²) in [7, 11) is 0. The van der Waals surface area contributed by atoms with Crippen molar-refractivity contribution in [3.63, 3.8) is 0 Å². The average molecular weight is 330 g/mol. The van der Waals surface area contributed by atoms with Crippen LogP contribution in [0.5, 0.6) is 0 Å². The maximum atomic E-state index is 14.0. The third kappa shape index (κ3) is 2.64. The summed E-state index contributed by atoms with van der Waals surface area (Å²) in [6.07, 6.45) is 0. The molecule has 9 heteroatoms. The van der Waals surface area contributed by atoms with Crippen molar-refractivity contribution < 1.29 is 14.3 Å². The van der Waals surface area contributed by atoms with Gasteiger partial charge in [-0.1, -0.05) is 0 Å². The molecule has 3 rings (SSSR count). The Morgan fingerprint density at radius 1 is 1.25 bits per heavy atom. The number of nitrogens with zero attached hydrogens (tertiary/aromatic N) is 6. The number of aliphatic imine (C=N–C) groups is 1. The van der Waals surface area contributed by atoms with Gasteiger partial charge in [-0.05, 0) is 38.1 Å². The van der Waals surface area contributed by atoms with Crippen LogP contribution in [0.15, 0.2) is 34.4 Å². The number of carboxylic acid groups (broad SMARTS) is 1. The molecule has 0 saturated carbocycles. The predicted octanol–water partition coefficient (Wildman–Crippen LogP) is 2.09. The molecule has 0 aliphatic carbocycles. The van der Waals surface area contributed by atoms with Crippen LogP contribution in [0.4, 0.5) is 15.8 Å². The highest BCUT2D eigenvalue weighted by atomic mass is 19.1. The van der Waals surface area contributed by atoms with E-state index in [1.54, 1.807) is 12.1 Å².